The predicted octanol–water partition coefficient (Wildman–Crippen LogP) is 3.66. The highest BCUT2D eigenvalue weighted by Gasteiger charge is 2.05. The van der Waals surface area contributed by atoms with Crippen LogP contribution in [-0.4, -0.2) is 13.0 Å². The largest absolute Gasteiger partial charge is 0.496 e. The average Bonchev–Trinajstić information content (AvgIpc) is 2.49. The predicted molar refractivity (Wildman–Crippen MR) is 81.0 cm³/mol. The number of para-hydroxylation sites is 2. The first-order valence-corrected chi connectivity index (χ1v) is 6.76. The first-order valence-electron chi connectivity index (χ1n) is 6.76. The van der Waals surface area contributed by atoms with Gasteiger partial charge in [0.2, 0.25) is 5.91 Å². The molecular weight excluding hydrogens is 250 g/mol. The molecule has 0 saturated carbocycles. The van der Waals surface area contributed by atoms with E-state index in [4.69, 9.17) is 4.74 Å². The number of hydrogen-bond acceptors (Lipinski definition) is 2. The fourth-order valence-corrected chi connectivity index (χ4v) is 2.09. The van der Waals surface area contributed by atoms with Crippen molar-refractivity contribution in [3.63, 3.8) is 0 Å². The van der Waals surface area contributed by atoms with Crippen LogP contribution in [0.15, 0.2) is 54.6 Å². The van der Waals surface area contributed by atoms with Crippen LogP contribution in [0, 0.1) is 0 Å². The fourth-order valence-electron chi connectivity index (χ4n) is 2.09. The number of anilines is 1. The molecule has 2 aromatic carbocycles. The van der Waals surface area contributed by atoms with E-state index in [-0.39, 0.29) is 5.91 Å². The number of rotatable bonds is 6. The lowest BCUT2D eigenvalue weighted by Gasteiger charge is -2.08. The van der Waals surface area contributed by atoms with E-state index in [1.807, 2.05) is 54.6 Å². The summed E-state index contributed by atoms with van der Waals surface area (Å²) < 4.78 is 5.30. The van der Waals surface area contributed by atoms with Crippen molar-refractivity contribution in [3.8, 4) is 5.75 Å². The smallest absolute Gasteiger partial charge is 0.224 e. The SMILES string of the molecule is COc1ccccc1CCCC(=O)Nc1ccccc1. The van der Waals surface area contributed by atoms with Crippen LogP contribution in [0.2, 0.25) is 0 Å². The first-order chi connectivity index (χ1) is 9.79. The Balaban J connectivity index is 1.79. The molecule has 3 heteroatoms. The first kappa shape index (κ1) is 14.1. The number of carbonyl (C=O) groups is 1. The molecule has 0 aromatic heterocycles. The molecular formula is C17H19NO2. The molecule has 0 aliphatic rings. The van der Waals surface area contributed by atoms with Crippen LogP contribution in [0.1, 0.15) is 18.4 Å². The molecule has 0 saturated heterocycles. The van der Waals surface area contributed by atoms with Crippen LogP contribution in [0.5, 0.6) is 5.75 Å². The molecule has 2 rings (SSSR count). The standard InChI is InChI=1S/C17H19NO2/c1-20-16-12-6-5-8-14(16)9-7-13-17(19)18-15-10-3-2-4-11-15/h2-6,8,10-12H,7,9,13H2,1H3,(H,18,19). The quantitative estimate of drug-likeness (QED) is 0.869. The Labute approximate surface area is 119 Å². The normalized spacial score (nSPS) is 10.1. The third kappa shape index (κ3) is 4.12. The van der Waals surface area contributed by atoms with E-state index in [0.29, 0.717) is 6.42 Å². The van der Waals surface area contributed by atoms with Gasteiger partial charge in [-0.15, -0.1) is 0 Å². The Morgan fingerprint density at radius 1 is 1.05 bits per heavy atom. The molecule has 3 nitrogen and oxygen atoms in total. The monoisotopic (exact) mass is 269 g/mol. The molecule has 0 unspecified atom stereocenters. The molecule has 0 aliphatic heterocycles. The zero-order valence-electron chi connectivity index (χ0n) is 11.6. The highest BCUT2D eigenvalue weighted by Crippen LogP contribution is 2.19. The third-order valence-corrected chi connectivity index (χ3v) is 3.10. The Kier molecular flexibility index (Phi) is 5.18. The van der Waals surface area contributed by atoms with Gasteiger partial charge in [0.25, 0.3) is 0 Å². The van der Waals surface area contributed by atoms with E-state index in [2.05, 4.69) is 5.32 Å². The maximum absolute atomic E-state index is 11.8. The number of methoxy groups -OCH3 is 1. The van der Waals surface area contributed by atoms with E-state index < -0.39 is 0 Å². The Bertz CT molecular complexity index is 552. The summed E-state index contributed by atoms with van der Waals surface area (Å²) in [5, 5.41) is 2.89. The summed E-state index contributed by atoms with van der Waals surface area (Å²) in [7, 11) is 1.67. The lowest BCUT2D eigenvalue weighted by molar-refractivity contribution is -0.116. The Hall–Kier alpha value is -2.29. The van der Waals surface area contributed by atoms with Crippen LogP contribution in [0.4, 0.5) is 5.69 Å². The second-order valence-corrected chi connectivity index (χ2v) is 4.58. The van der Waals surface area contributed by atoms with Gasteiger partial charge in [0.1, 0.15) is 5.75 Å². The topological polar surface area (TPSA) is 38.3 Å². The van der Waals surface area contributed by atoms with E-state index in [9.17, 15) is 4.79 Å². The average molecular weight is 269 g/mol. The molecule has 0 bridgehead atoms. The number of carbonyl (C=O) groups excluding carboxylic acids is 1. The van der Waals surface area contributed by atoms with Crippen molar-refractivity contribution in [2.75, 3.05) is 12.4 Å². The van der Waals surface area contributed by atoms with Gasteiger partial charge in [0.15, 0.2) is 0 Å². The van der Waals surface area contributed by atoms with Gasteiger partial charge in [-0.3, -0.25) is 4.79 Å². The van der Waals surface area contributed by atoms with Crippen molar-refractivity contribution in [3.05, 3.63) is 60.2 Å². The molecule has 0 spiro atoms. The number of benzene rings is 2. The lowest BCUT2D eigenvalue weighted by atomic mass is 10.1. The molecule has 104 valence electrons. The molecule has 0 aliphatic carbocycles. The Morgan fingerprint density at radius 3 is 2.50 bits per heavy atom. The van der Waals surface area contributed by atoms with E-state index in [1.165, 1.54) is 0 Å². The maximum atomic E-state index is 11.8. The van der Waals surface area contributed by atoms with Crippen LogP contribution < -0.4 is 10.1 Å². The van der Waals surface area contributed by atoms with Gasteiger partial charge in [-0.1, -0.05) is 36.4 Å². The molecule has 0 fully saturated rings. The van der Waals surface area contributed by atoms with Crippen molar-refractivity contribution < 1.29 is 9.53 Å². The molecule has 2 aromatic rings. The molecule has 1 N–H and O–H groups in total. The van der Waals surface area contributed by atoms with Gasteiger partial charge >= 0.3 is 0 Å². The van der Waals surface area contributed by atoms with E-state index in [1.54, 1.807) is 7.11 Å². The van der Waals surface area contributed by atoms with Gasteiger partial charge < -0.3 is 10.1 Å². The number of amides is 1. The summed E-state index contributed by atoms with van der Waals surface area (Å²) in [6.07, 6.45) is 2.15. The third-order valence-electron chi connectivity index (χ3n) is 3.10. The summed E-state index contributed by atoms with van der Waals surface area (Å²) in [6, 6.07) is 17.4. The summed E-state index contributed by atoms with van der Waals surface area (Å²) in [5.74, 6) is 0.932. The molecule has 0 atom stereocenters. The van der Waals surface area contributed by atoms with Crippen LogP contribution in [-0.2, 0) is 11.2 Å². The van der Waals surface area contributed by atoms with Gasteiger partial charge in [0.05, 0.1) is 7.11 Å². The van der Waals surface area contributed by atoms with Crippen molar-refractivity contribution in [1.82, 2.24) is 0 Å². The van der Waals surface area contributed by atoms with Gasteiger partial charge in [0, 0.05) is 12.1 Å². The number of hydrogen-bond donors (Lipinski definition) is 1. The van der Waals surface area contributed by atoms with Crippen LogP contribution in [0.25, 0.3) is 0 Å². The van der Waals surface area contributed by atoms with E-state index in [0.717, 1.165) is 29.8 Å². The van der Waals surface area contributed by atoms with Gasteiger partial charge in [-0.25, -0.2) is 0 Å². The number of nitrogens with one attached hydrogen (secondary N) is 1. The summed E-state index contributed by atoms with van der Waals surface area (Å²) in [5.41, 5.74) is 1.98. The second-order valence-electron chi connectivity index (χ2n) is 4.58. The minimum absolute atomic E-state index is 0.0473. The maximum Gasteiger partial charge on any atom is 0.224 e. The number of aryl methyl sites for hydroxylation is 1. The highest BCUT2D eigenvalue weighted by atomic mass is 16.5. The van der Waals surface area contributed by atoms with Crippen molar-refractivity contribution in [2.24, 2.45) is 0 Å². The van der Waals surface area contributed by atoms with Crippen molar-refractivity contribution >= 4 is 11.6 Å². The zero-order valence-corrected chi connectivity index (χ0v) is 11.6. The van der Waals surface area contributed by atoms with Crippen molar-refractivity contribution in [2.45, 2.75) is 19.3 Å². The minimum Gasteiger partial charge on any atom is -0.496 e. The highest BCUT2D eigenvalue weighted by molar-refractivity contribution is 5.90. The van der Waals surface area contributed by atoms with Gasteiger partial charge in [-0.05, 0) is 36.6 Å². The van der Waals surface area contributed by atoms with Gasteiger partial charge in [-0.2, -0.15) is 0 Å². The zero-order chi connectivity index (χ0) is 14.2. The summed E-state index contributed by atoms with van der Waals surface area (Å²) in [6.45, 7) is 0. The minimum atomic E-state index is 0.0473. The Morgan fingerprint density at radius 2 is 1.75 bits per heavy atom. The summed E-state index contributed by atoms with van der Waals surface area (Å²) in [4.78, 5) is 11.8. The molecule has 0 heterocycles. The fraction of sp³-hybridized carbons (Fsp3) is 0.235. The van der Waals surface area contributed by atoms with Crippen LogP contribution in [0.3, 0.4) is 0 Å². The number of ether oxygens (including phenoxy) is 1. The van der Waals surface area contributed by atoms with E-state index >= 15 is 0 Å². The second kappa shape index (κ2) is 7.34. The van der Waals surface area contributed by atoms with Crippen molar-refractivity contribution in [1.29, 1.82) is 0 Å². The molecule has 0 radical (unpaired) electrons. The van der Waals surface area contributed by atoms with Crippen LogP contribution >= 0.6 is 0 Å². The summed E-state index contributed by atoms with van der Waals surface area (Å²) >= 11 is 0. The molecule has 20 heavy (non-hydrogen) atoms. The molecule has 1 amide bonds. The lowest BCUT2D eigenvalue weighted by Crippen LogP contribution is -2.11.